The molecule has 2 aromatic carbocycles. The summed E-state index contributed by atoms with van der Waals surface area (Å²) in [5, 5.41) is 0. The molecule has 0 spiro atoms. The molecule has 1 saturated carbocycles. The number of rotatable bonds is 8. The molecular formula is C26H34N2O2. The fourth-order valence-electron chi connectivity index (χ4n) is 4.79. The first-order valence-corrected chi connectivity index (χ1v) is 11.1. The van der Waals surface area contributed by atoms with Gasteiger partial charge in [-0.3, -0.25) is 9.59 Å². The number of hydrogen-bond donors (Lipinski definition) is 0. The molecule has 1 fully saturated rings. The predicted octanol–water partition coefficient (Wildman–Crippen LogP) is 5.87. The SMILES string of the molecule is CC(C)c1ccccc1N(C=O)[C@@H]1CCCC[C@H]1N(C=O)c1ccccc1C(C)C. The molecule has 30 heavy (non-hydrogen) atoms. The minimum Gasteiger partial charge on any atom is -0.310 e. The molecule has 160 valence electrons. The van der Waals surface area contributed by atoms with Crippen molar-refractivity contribution in [1.29, 1.82) is 0 Å². The van der Waals surface area contributed by atoms with Crippen LogP contribution in [0, 0.1) is 0 Å². The second kappa shape index (κ2) is 9.92. The highest BCUT2D eigenvalue weighted by molar-refractivity contribution is 5.82. The van der Waals surface area contributed by atoms with Gasteiger partial charge in [0.15, 0.2) is 0 Å². The highest BCUT2D eigenvalue weighted by Gasteiger charge is 2.36. The van der Waals surface area contributed by atoms with Crippen LogP contribution in [-0.4, -0.2) is 24.9 Å². The summed E-state index contributed by atoms with van der Waals surface area (Å²) in [5.74, 6) is 0.629. The Kier molecular flexibility index (Phi) is 7.30. The fourth-order valence-corrected chi connectivity index (χ4v) is 4.79. The van der Waals surface area contributed by atoms with Crippen LogP contribution < -0.4 is 9.80 Å². The number of hydrogen-bond acceptors (Lipinski definition) is 2. The van der Waals surface area contributed by atoms with Crippen LogP contribution in [0.25, 0.3) is 0 Å². The Balaban J connectivity index is 2.04. The van der Waals surface area contributed by atoms with E-state index in [1.54, 1.807) is 0 Å². The van der Waals surface area contributed by atoms with E-state index in [-0.39, 0.29) is 12.1 Å². The zero-order valence-corrected chi connectivity index (χ0v) is 18.6. The molecule has 0 bridgehead atoms. The van der Waals surface area contributed by atoms with E-state index < -0.39 is 0 Å². The van der Waals surface area contributed by atoms with E-state index in [0.717, 1.165) is 61.0 Å². The molecule has 1 aliphatic carbocycles. The minimum absolute atomic E-state index is 0.0402. The predicted molar refractivity (Wildman–Crippen MR) is 124 cm³/mol. The first kappa shape index (κ1) is 22.1. The molecule has 0 saturated heterocycles. The van der Waals surface area contributed by atoms with Crippen LogP contribution >= 0.6 is 0 Å². The summed E-state index contributed by atoms with van der Waals surface area (Å²) < 4.78 is 0. The van der Waals surface area contributed by atoms with Crippen LogP contribution in [0.2, 0.25) is 0 Å². The number of carbonyl (C=O) groups is 2. The van der Waals surface area contributed by atoms with Gasteiger partial charge in [-0.05, 0) is 47.9 Å². The lowest BCUT2D eigenvalue weighted by Crippen LogP contribution is -2.53. The average molecular weight is 407 g/mol. The molecule has 0 N–H and O–H groups in total. The van der Waals surface area contributed by atoms with Gasteiger partial charge in [0.2, 0.25) is 12.8 Å². The van der Waals surface area contributed by atoms with Gasteiger partial charge in [0, 0.05) is 11.4 Å². The van der Waals surface area contributed by atoms with Crippen molar-refractivity contribution in [3.8, 4) is 0 Å². The molecular weight excluding hydrogens is 372 g/mol. The average Bonchev–Trinajstić information content (AvgIpc) is 2.76. The van der Waals surface area contributed by atoms with Gasteiger partial charge in [-0.15, -0.1) is 0 Å². The molecule has 0 unspecified atom stereocenters. The van der Waals surface area contributed by atoms with Crippen LogP contribution in [0.5, 0.6) is 0 Å². The summed E-state index contributed by atoms with van der Waals surface area (Å²) in [6, 6.07) is 16.2. The lowest BCUT2D eigenvalue weighted by Gasteiger charge is -2.43. The van der Waals surface area contributed by atoms with E-state index in [0.29, 0.717) is 11.8 Å². The quantitative estimate of drug-likeness (QED) is 0.514. The third-order valence-corrected chi connectivity index (χ3v) is 6.31. The molecule has 0 heterocycles. The monoisotopic (exact) mass is 406 g/mol. The Hall–Kier alpha value is -2.62. The topological polar surface area (TPSA) is 40.6 Å². The Morgan fingerprint density at radius 2 is 1.07 bits per heavy atom. The van der Waals surface area contributed by atoms with Gasteiger partial charge in [-0.25, -0.2) is 0 Å². The van der Waals surface area contributed by atoms with Gasteiger partial charge in [-0.2, -0.15) is 0 Å². The van der Waals surface area contributed by atoms with Gasteiger partial charge in [-0.1, -0.05) is 76.9 Å². The van der Waals surface area contributed by atoms with Crippen molar-refractivity contribution >= 4 is 24.2 Å². The number of nitrogens with zero attached hydrogens (tertiary/aromatic N) is 2. The molecule has 3 rings (SSSR count). The van der Waals surface area contributed by atoms with Gasteiger partial charge in [0.1, 0.15) is 0 Å². The van der Waals surface area contributed by atoms with Crippen molar-refractivity contribution < 1.29 is 9.59 Å². The van der Waals surface area contributed by atoms with Crippen LogP contribution in [0.1, 0.15) is 76.3 Å². The number of carbonyl (C=O) groups excluding carboxylic acids is 2. The summed E-state index contributed by atoms with van der Waals surface area (Å²) in [7, 11) is 0. The number of amides is 2. The summed E-state index contributed by atoms with van der Waals surface area (Å²) in [5.41, 5.74) is 4.24. The van der Waals surface area contributed by atoms with E-state index in [2.05, 4.69) is 39.8 Å². The van der Waals surface area contributed by atoms with E-state index in [1.165, 1.54) is 0 Å². The van der Waals surface area contributed by atoms with E-state index in [4.69, 9.17) is 0 Å². The standard InChI is InChI=1S/C26H34N2O2/c1-19(2)21-11-5-7-13-23(21)27(17-29)25-15-9-10-16-26(25)28(18-30)24-14-8-6-12-22(24)20(3)4/h5-8,11-14,17-20,25-26H,9-10,15-16H2,1-4H3/t25-,26-/m1/s1. The first-order chi connectivity index (χ1) is 14.5. The number of anilines is 2. The van der Waals surface area contributed by atoms with Crippen molar-refractivity contribution in [1.82, 2.24) is 0 Å². The lowest BCUT2D eigenvalue weighted by atomic mass is 9.86. The van der Waals surface area contributed by atoms with Crippen LogP contribution in [0.4, 0.5) is 11.4 Å². The van der Waals surface area contributed by atoms with E-state index >= 15 is 0 Å². The first-order valence-electron chi connectivity index (χ1n) is 11.1. The summed E-state index contributed by atoms with van der Waals surface area (Å²) >= 11 is 0. The second-order valence-corrected chi connectivity index (χ2v) is 8.87. The van der Waals surface area contributed by atoms with Crippen LogP contribution in [0.15, 0.2) is 48.5 Å². The minimum atomic E-state index is -0.0402. The zero-order chi connectivity index (χ0) is 21.7. The van der Waals surface area contributed by atoms with E-state index in [1.807, 2.05) is 46.2 Å². The Morgan fingerprint density at radius 3 is 1.40 bits per heavy atom. The molecule has 2 amide bonds. The molecule has 2 aromatic rings. The largest absolute Gasteiger partial charge is 0.310 e. The fraction of sp³-hybridized carbons (Fsp3) is 0.462. The Bertz CT molecular complexity index is 790. The number of para-hydroxylation sites is 2. The zero-order valence-electron chi connectivity index (χ0n) is 18.6. The summed E-state index contributed by atoms with van der Waals surface area (Å²) in [4.78, 5) is 28.5. The second-order valence-electron chi connectivity index (χ2n) is 8.87. The molecule has 4 nitrogen and oxygen atoms in total. The molecule has 0 aromatic heterocycles. The summed E-state index contributed by atoms with van der Waals surface area (Å²) in [6.45, 7) is 8.60. The Morgan fingerprint density at radius 1 is 0.700 bits per heavy atom. The van der Waals surface area contributed by atoms with Gasteiger partial charge >= 0.3 is 0 Å². The van der Waals surface area contributed by atoms with E-state index in [9.17, 15) is 9.59 Å². The van der Waals surface area contributed by atoms with Crippen molar-refractivity contribution in [3.05, 3.63) is 59.7 Å². The normalized spacial score (nSPS) is 19.0. The molecule has 0 radical (unpaired) electrons. The highest BCUT2D eigenvalue weighted by atomic mass is 16.1. The molecule has 1 aliphatic rings. The van der Waals surface area contributed by atoms with Crippen molar-refractivity contribution in [3.63, 3.8) is 0 Å². The summed E-state index contributed by atoms with van der Waals surface area (Å²) in [6.07, 6.45) is 5.83. The van der Waals surface area contributed by atoms with Crippen molar-refractivity contribution in [2.75, 3.05) is 9.80 Å². The van der Waals surface area contributed by atoms with Gasteiger partial charge in [0.05, 0.1) is 12.1 Å². The molecule has 0 aliphatic heterocycles. The van der Waals surface area contributed by atoms with Crippen LogP contribution in [-0.2, 0) is 9.59 Å². The maximum absolute atomic E-state index is 12.4. The highest BCUT2D eigenvalue weighted by Crippen LogP contribution is 2.37. The van der Waals surface area contributed by atoms with Crippen LogP contribution in [0.3, 0.4) is 0 Å². The Labute approximate surface area is 180 Å². The maximum Gasteiger partial charge on any atom is 0.214 e. The smallest absolute Gasteiger partial charge is 0.214 e. The number of benzene rings is 2. The van der Waals surface area contributed by atoms with Gasteiger partial charge < -0.3 is 9.80 Å². The van der Waals surface area contributed by atoms with Crippen molar-refractivity contribution in [2.45, 2.75) is 77.3 Å². The van der Waals surface area contributed by atoms with Gasteiger partial charge in [0.25, 0.3) is 0 Å². The van der Waals surface area contributed by atoms with Crippen molar-refractivity contribution in [2.24, 2.45) is 0 Å². The molecule has 2 atom stereocenters. The third kappa shape index (κ3) is 4.43. The lowest BCUT2D eigenvalue weighted by molar-refractivity contribution is -0.110. The maximum atomic E-state index is 12.4. The third-order valence-electron chi connectivity index (χ3n) is 6.31. The molecule has 4 heteroatoms.